The highest BCUT2D eigenvalue weighted by atomic mass is 16.1. The molecule has 1 aromatic heterocycles. The van der Waals surface area contributed by atoms with Gasteiger partial charge in [0, 0.05) is 12.1 Å². The van der Waals surface area contributed by atoms with Crippen LogP contribution in [0.1, 0.15) is 30.1 Å². The first kappa shape index (κ1) is 14.7. The van der Waals surface area contributed by atoms with Crippen molar-refractivity contribution in [3.63, 3.8) is 0 Å². The maximum absolute atomic E-state index is 12.4. The van der Waals surface area contributed by atoms with Crippen LogP contribution in [0, 0.1) is 5.41 Å². The molecule has 0 atom stereocenters. The molecule has 1 aromatic carbocycles. The summed E-state index contributed by atoms with van der Waals surface area (Å²) in [7, 11) is 0. The van der Waals surface area contributed by atoms with Gasteiger partial charge in [-0.1, -0.05) is 13.0 Å². The molecule has 6 heteroatoms. The van der Waals surface area contributed by atoms with Crippen LogP contribution in [0.5, 0.6) is 0 Å². The van der Waals surface area contributed by atoms with E-state index >= 15 is 0 Å². The number of carbonyl (C=O) groups excluding carboxylic acids is 1. The van der Waals surface area contributed by atoms with Gasteiger partial charge in [0.05, 0.1) is 5.69 Å². The third-order valence-corrected chi connectivity index (χ3v) is 4.28. The lowest BCUT2D eigenvalue weighted by Crippen LogP contribution is -2.42. The first-order valence-electron chi connectivity index (χ1n) is 7.60. The molecule has 2 heterocycles. The number of amides is 1. The Hall–Kier alpha value is -2.21. The molecule has 1 saturated heterocycles. The highest BCUT2D eigenvalue weighted by Crippen LogP contribution is 2.26. The first-order valence-corrected chi connectivity index (χ1v) is 7.60. The second kappa shape index (κ2) is 6.27. The molecular weight excluding hydrogens is 278 g/mol. The molecule has 6 nitrogen and oxygen atoms in total. The van der Waals surface area contributed by atoms with E-state index in [2.05, 4.69) is 27.6 Å². The van der Waals surface area contributed by atoms with Gasteiger partial charge < -0.3 is 10.6 Å². The van der Waals surface area contributed by atoms with Gasteiger partial charge in [-0.3, -0.25) is 4.79 Å². The fourth-order valence-electron chi connectivity index (χ4n) is 2.73. The molecular formula is C16H21N5O. The van der Waals surface area contributed by atoms with Crippen LogP contribution >= 0.6 is 0 Å². The Morgan fingerprint density at radius 1 is 1.41 bits per heavy atom. The van der Waals surface area contributed by atoms with Crippen LogP contribution in [0.25, 0.3) is 5.69 Å². The molecule has 1 amide bonds. The van der Waals surface area contributed by atoms with Crippen LogP contribution in [0.2, 0.25) is 0 Å². The summed E-state index contributed by atoms with van der Waals surface area (Å²) in [6, 6.07) is 7.41. The number of hydrogen-bond acceptors (Lipinski definition) is 4. The molecule has 1 aliphatic heterocycles. The number of carbonyl (C=O) groups is 1. The molecule has 0 radical (unpaired) electrons. The number of benzene rings is 1. The van der Waals surface area contributed by atoms with Crippen molar-refractivity contribution >= 4 is 5.91 Å². The van der Waals surface area contributed by atoms with E-state index in [1.54, 1.807) is 11.0 Å². The molecule has 1 fully saturated rings. The Morgan fingerprint density at radius 2 is 2.23 bits per heavy atom. The second-order valence-electron chi connectivity index (χ2n) is 6.13. The maximum atomic E-state index is 12.4. The van der Waals surface area contributed by atoms with Crippen LogP contribution in [0.4, 0.5) is 0 Å². The zero-order valence-electron chi connectivity index (χ0n) is 12.7. The Labute approximate surface area is 129 Å². The molecule has 0 unspecified atom stereocenters. The topological polar surface area (TPSA) is 71.8 Å². The lowest BCUT2D eigenvalue weighted by molar-refractivity contribution is 0.0922. The van der Waals surface area contributed by atoms with Gasteiger partial charge in [-0.2, -0.15) is 5.10 Å². The number of piperidine rings is 1. The minimum absolute atomic E-state index is 0.0401. The van der Waals surface area contributed by atoms with Crippen molar-refractivity contribution < 1.29 is 4.79 Å². The van der Waals surface area contributed by atoms with Gasteiger partial charge >= 0.3 is 0 Å². The standard InChI is InChI=1S/C16H21N5O/c1-16(5-7-17-8-6-16)10-19-15(22)13-3-2-4-14(9-13)21-12-18-11-20-21/h2-4,9,11-12,17H,5-8,10H2,1H3,(H,19,22). The van der Waals surface area contributed by atoms with Gasteiger partial charge in [0.25, 0.3) is 5.91 Å². The van der Waals surface area contributed by atoms with Gasteiger partial charge in [0.2, 0.25) is 0 Å². The summed E-state index contributed by atoms with van der Waals surface area (Å²) in [6.45, 7) is 4.99. The molecule has 3 rings (SSSR count). The number of aromatic nitrogens is 3. The normalized spacial score (nSPS) is 17.1. The predicted octanol–water partition coefficient (Wildman–Crippen LogP) is 1.39. The van der Waals surface area contributed by atoms with Crippen LogP contribution in [0.3, 0.4) is 0 Å². The Bertz CT molecular complexity index is 632. The number of nitrogens with zero attached hydrogens (tertiary/aromatic N) is 3. The van der Waals surface area contributed by atoms with Crippen LogP contribution in [0.15, 0.2) is 36.9 Å². The molecule has 22 heavy (non-hydrogen) atoms. The molecule has 0 saturated carbocycles. The third kappa shape index (κ3) is 3.33. The monoisotopic (exact) mass is 299 g/mol. The van der Waals surface area contributed by atoms with Crippen molar-refractivity contribution in [1.29, 1.82) is 0 Å². The van der Waals surface area contributed by atoms with Gasteiger partial charge in [-0.05, 0) is 49.5 Å². The first-order chi connectivity index (χ1) is 10.7. The van der Waals surface area contributed by atoms with Crippen molar-refractivity contribution in [3.8, 4) is 5.69 Å². The van der Waals surface area contributed by atoms with Crippen LogP contribution < -0.4 is 10.6 Å². The maximum Gasteiger partial charge on any atom is 0.251 e. The van der Waals surface area contributed by atoms with Crippen molar-refractivity contribution in [2.24, 2.45) is 5.41 Å². The average molecular weight is 299 g/mol. The van der Waals surface area contributed by atoms with E-state index < -0.39 is 0 Å². The molecule has 116 valence electrons. The smallest absolute Gasteiger partial charge is 0.251 e. The van der Waals surface area contributed by atoms with Crippen molar-refractivity contribution in [2.45, 2.75) is 19.8 Å². The van der Waals surface area contributed by atoms with Gasteiger partial charge in [0.15, 0.2) is 0 Å². The zero-order valence-corrected chi connectivity index (χ0v) is 12.7. The van der Waals surface area contributed by atoms with Crippen LogP contribution in [-0.2, 0) is 0 Å². The molecule has 0 aliphatic carbocycles. The second-order valence-corrected chi connectivity index (χ2v) is 6.13. The summed E-state index contributed by atoms with van der Waals surface area (Å²) < 4.78 is 1.64. The molecule has 2 N–H and O–H groups in total. The van der Waals surface area contributed by atoms with Crippen LogP contribution in [-0.4, -0.2) is 40.3 Å². The average Bonchev–Trinajstić information content (AvgIpc) is 3.08. The van der Waals surface area contributed by atoms with E-state index in [1.165, 1.54) is 6.33 Å². The van der Waals surface area contributed by atoms with E-state index in [0.717, 1.165) is 31.6 Å². The molecule has 0 bridgehead atoms. The summed E-state index contributed by atoms with van der Waals surface area (Å²) >= 11 is 0. The summed E-state index contributed by atoms with van der Waals surface area (Å²) in [5, 5.41) is 10.5. The van der Waals surface area contributed by atoms with Crippen molar-refractivity contribution in [1.82, 2.24) is 25.4 Å². The third-order valence-electron chi connectivity index (χ3n) is 4.28. The molecule has 1 aliphatic rings. The fraction of sp³-hybridized carbons (Fsp3) is 0.438. The summed E-state index contributed by atoms with van der Waals surface area (Å²) in [4.78, 5) is 16.3. The Morgan fingerprint density at radius 3 is 2.95 bits per heavy atom. The lowest BCUT2D eigenvalue weighted by atomic mass is 9.81. The highest BCUT2D eigenvalue weighted by molar-refractivity contribution is 5.94. The SMILES string of the molecule is CC1(CNC(=O)c2cccc(-n3cncn3)c2)CCNCC1. The summed E-state index contributed by atoms with van der Waals surface area (Å²) in [5.74, 6) is -0.0401. The van der Waals surface area contributed by atoms with Crippen molar-refractivity contribution in [3.05, 3.63) is 42.5 Å². The molecule has 0 spiro atoms. The minimum Gasteiger partial charge on any atom is -0.351 e. The largest absolute Gasteiger partial charge is 0.351 e. The van der Waals surface area contributed by atoms with E-state index in [1.807, 2.05) is 24.3 Å². The Kier molecular flexibility index (Phi) is 4.20. The van der Waals surface area contributed by atoms with E-state index in [9.17, 15) is 4.79 Å². The van der Waals surface area contributed by atoms with E-state index in [-0.39, 0.29) is 11.3 Å². The highest BCUT2D eigenvalue weighted by Gasteiger charge is 2.27. The zero-order chi connectivity index (χ0) is 15.4. The number of rotatable bonds is 4. The predicted molar refractivity (Wildman–Crippen MR) is 83.9 cm³/mol. The minimum atomic E-state index is -0.0401. The molecule has 2 aromatic rings. The fourth-order valence-corrected chi connectivity index (χ4v) is 2.73. The van der Waals surface area contributed by atoms with E-state index in [4.69, 9.17) is 0 Å². The Balaban J connectivity index is 1.66. The summed E-state index contributed by atoms with van der Waals surface area (Å²) in [5.41, 5.74) is 1.66. The lowest BCUT2D eigenvalue weighted by Gasteiger charge is -2.34. The quantitative estimate of drug-likeness (QED) is 0.895. The van der Waals surface area contributed by atoms with Gasteiger partial charge in [0.1, 0.15) is 12.7 Å². The van der Waals surface area contributed by atoms with Crippen molar-refractivity contribution in [2.75, 3.05) is 19.6 Å². The van der Waals surface area contributed by atoms with Gasteiger partial charge in [-0.15, -0.1) is 0 Å². The van der Waals surface area contributed by atoms with Gasteiger partial charge in [-0.25, -0.2) is 9.67 Å². The summed E-state index contributed by atoms with van der Waals surface area (Å²) in [6.07, 6.45) is 5.27. The number of hydrogen-bond donors (Lipinski definition) is 2. The van der Waals surface area contributed by atoms with E-state index in [0.29, 0.717) is 12.1 Å². The number of nitrogens with one attached hydrogen (secondary N) is 2.